The summed E-state index contributed by atoms with van der Waals surface area (Å²) in [7, 11) is -3.70. The molecule has 0 aliphatic rings. The van der Waals surface area contributed by atoms with Crippen molar-refractivity contribution in [2.24, 2.45) is 0 Å². The van der Waals surface area contributed by atoms with Gasteiger partial charge in [0.25, 0.3) is 15.9 Å². The molecular formula is C21H19IN2O3S. The van der Waals surface area contributed by atoms with Gasteiger partial charge in [-0.25, -0.2) is 8.42 Å². The molecule has 0 aliphatic carbocycles. The van der Waals surface area contributed by atoms with Gasteiger partial charge < -0.3 is 5.32 Å². The molecule has 0 saturated carbocycles. The quantitative estimate of drug-likeness (QED) is 0.481. The SMILES string of the molecule is Cc1cccc(NS(=O)(=O)c2ccc(NC(=O)c3ccc(C)cc3I)cc2)c1. The second kappa shape index (κ2) is 8.32. The first kappa shape index (κ1) is 20.3. The van der Waals surface area contributed by atoms with Crippen molar-refractivity contribution in [1.29, 1.82) is 0 Å². The second-order valence-electron chi connectivity index (χ2n) is 6.44. The number of aryl methyl sites for hydroxylation is 2. The lowest BCUT2D eigenvalue weighted by molar-refractivity contribution is 0.102. The largest absolute Gasteiger partial charge is 0.322 e. The fraction of sp³-hybridized carbons (Fsp3) is 0.0952. The number of nitrogens with one attached hydrogen (secondary N) is 2. The van der Waals surface area contributed by atoms with Crippen molar-refractivity contribution in [2.45, 2.75) is 18.7 Å². The normalized spacial score (nSPS) is 11.1. The van der Waals surface area contributed by atoms with Crippen LogP contribution in [0.15, 0.2) is 71.6 Å². The van der Waals surface area contributed by atoms with Crippen LogP contribution in [0.3, 0.4) is 0 Å². The Balaban J connectivity index is 1.74. The number of amides is 1. The van der Waals surface area contributed by atoms with Crippen LogP contribution in [0.1, 0.15) is 21.5 Å². The van der Waals surface area contributed by atoms with Crippen molar-refractivity contribution < 1.29 is 13.2 Å². The highest BCUT2D eigenvalue weighted by atomic mass is 127. The van der Waals surface area contributed by atoms with Crippen molar-refractivity contribution >= 4 is 49.9 Å². The van der Waals surface area contributed by atoms with Crippen LogP contribution in [-0.2, 0) is 10.0 Å². The maximum Gasteiger partial charge on any atom is 0.261 e. The predicted octanol–water partition coefficient (Wildman–Crippen LogP) is 4.96. The molecule has 2 N–H and O–H groups in total. The van der Waals surface area contributed by atoms with Crippen LogP contribution in [0, 0.1) is 17.4 Å². The van der Waals surface area contributed by atoms with Gasteiger partial charge in [-0.3, -0.25) is 9.52 Å². The smallest absolute Gasteiger partial charge is 0.261 e. The maximum absolute atomic E-state index is 12.5. The Morgan fingerprint density at radius 2 is 1.54 bits per heavy atom. The zero-order chi connectivity index (χ0) is 20.3. The molecule has 0 atom stereocenters. The fourth-order valence-electron chi connectivity index (χ4n) is 2.64. The minimum Gasteiger partial charge on any atom is -0.322 e. The molecule has 0 unspecified atom stereocenters. The molecule has 7 heteroatoms. The minimum absolute atomic E-state index is 0.122. The topological polar surface area (TPSA) is 75.3 Å². The molecule has 1 amide bonds. The van der Waals surface area contributed by atoms with Crippen molar-refractivity contribution in [1.82, 2.24) is 0 Å². The highest BCUT2D eigenvalue weighted by molar-refractivity contribution is 14.1. The molecule has 0 aliphatic heterocycles. The summed E-state index contributed by atoms with van der Waals surface area (Å²) in [6.45, 7) is 3.86. The Kier molecular flexibility index (Phi) is 6.04. The van der Waals surface area contributed by atoms with Crippen molar-refractivity contribution in [3.8, 4) is 0 Å². The lowest BCUT2D eigenvalue weighted by Crippen LogP contribution is -2.15. The van der Waals surface area contributed by atoms with E-state index in [4.69, 9.17) is 0 Å². The first-order valence-corrected chi connectivity index (χ1v) is 11.1. The molecule has 0 spiro atoms. The Labute approximate surface area is 178 Å². The van der Waals surface area contributed by atoms with Crippen molar-refractivity contribution in [3.63, 3.8) is 0 Å². The highest BCUT2D eigenvalue weighted by Crippen LogP contribution is 2.20. The van der Waals surface area contributed by atoms with Crippen LogP contribution >= 0.6 is 22.6 Å². The van der Waals surface area contributed by atoms with Gasteiger partial charge in [0.2, 0.25) is 0 Å². The van der Waals surface area contributed by atoms with Crippen LogP contribution in [-0.4, -0.2) is 14.3 Å². The van der Waals surface area contributed by atoms with E-state index in [-0.39, 0.29) is 10.8 Å². The van der Waals surface area contributed by atoms with E-state index in [1.54, 1.807) is 36.4 Å². The summed E-state index contributed by atoms with van der Waals surface area (Å²) in [6.07, 6.45) is 0. The van der Waals surface area contributed by atoms with Gasteiger partial charge in [0, 0.05) is 14.9 Å². The Bertz CT molecular complexity index is 1130. The zero-order valence-electron chi connectivity index (χ0n) is 15.4. The lowest BCUT2D eigenvalue weighted by atomic mass is 10.1. The van der Waals surface area contributed by atoms with Crippen molar-refractivity contribution in [3.05, 3.63) is 87.0 Å². The Morgan fingerprint density at radius 3 is 2.18 bits per heavy atom. The molecule has 3 rings (SSSR count). The number of hydrogen-bond acceptors (Lipinski definition) is 3. The molecule has 0 radical (unpaired) electrons. The Hall–Kier alpha value is -2.39. The van der Waals surface area contributed by atoms with Crippen LogP contribution in [0.2, 0.25) is 0 Å². The molecule has 0 aromatic heterocycles. The summed E-state index contributed by atoms with van der Waals surface area (Å²) in [4.78, 5) is 12.6. The highest BCUT2D eigenvalue weighted by Gasteiger charge is 2.15. The molecule has 144 valence electrons. The van der Waals surface area contributed by atoms with Gasteiger partial charge in [-0.15, -0.1) is 0 Å². The van der Waals surface area contributed by atoms with Crippen LogP contribution in [0.4, 0.5) is 11.4 Å². The van der Waals surface area contributed by atoms with E-state index in [2.05, 4.69) is 32.6 Å². The molecule has 0 fully saturated rings. The molecule has 0 saturated heterocycles. The number of benzene rings is 3. The minimum atomic E-state index is -3.70. The number of anilines is 2. The Morgan fingerprint density at radius 1 is 0.857 bits per heavy atom. The molecule has 3 aromatic rings. The molecule has 5 nitrogen and oxygen atoms in total. The standard InChI is InChI=1S/C21H19IN2O3S/c1-14-4-3-5-17(12-14)24-28(26,27)18-9-7-16(8-10-18)23-21(25)19-11-6-15(2)13-20(19)22/h3-13,24H,1-2H3,(H,23,25). The molecule has 28 heavy (non-hydrogen) atoms. The van der Waals surface area contributed by atoms with Crippen LogP contribution in [0.5, 0.6) is 0 Å². The summed E-state index contributed by atoms with van der Waals surface area (Å²) >= 11 is 2.12. The van der Waals surface area contributed by atoms with Gasteiger partial charge >= 0.3 is 0 Å². The molecule has 0 heterocycles. The van der Waals surface area contributed by atoms with E-state index in [0.29, 0.717) is 16.9 Å². The van der Waals surface area contributed by atoms with Gasteiger partial charge in [0.05, 0.1) is 10.5 Å². The van der Waals surface area contributed by atoms with Gasteiger partial charge in [-0.05, 0) is 90.5 Å². The number of rotatable bonds is 5. The number of carbonyl (C=O) groups is 1. The monoisotopic (exact) mass is 506 g/mol. The third-order valence-electron chi connectivity index (χ3n) is 4.06. The average Bonchev–Trinajstić information content (AvgIpc) is 2.61. The first-order chi connectivity index (χ1) is 13.2. The number of hydrogen-bond donors (Lipinski definition) is 2. The van der Waals surface area contributed by atoms with Gasteiger partial charge in [0.15, 0.2) is 0 Å². The fourth-order valence-corrected chi connectivity index (χ4v) is 4.61. The van der Waals surface area contributed by atoms with Crippen LogP contribution in [0.25, 0.3) is 0 Å². The summed E-state index contributed by atoms with van der Waals surface area (Å²) in [5.74, 6) is -0.238. The van der Waals surface area contributed by atoms with Gasteiger partial charge in [0.1, 0.15) is 0 Å². The van der Waals surface area contributed by atoms with Crippen LogP contribution < -0.4 is 10.0 Å². The third kappa shape index (κ3) is 4.90. The van der Waals surface area contributed by atoms with Gasteiger partial charge in [-0.1, -0.05) is 23.8 Å². The summed E-state index contributed by atoms with van der Waals surface area (Å²) < 4.78 is 28.5. The first-order valence-electron chi connectivity index (χ1n) is 8.52. The number of halogens is 1. The van der Waals surface area contributed by atoms with E-state index in [1.807, 2.05) is 32.0 Å². The number of sulfonamides is 1. The summed E-state index contributed by atoms with van der Waals surface area (Å²) in [6, 6.07) is 18.8. The number of carbonyl (C=O) groups excluding carboxylic acids is 1. The zero-order valence-corrected chi connectivity index (χ0v) is 18.3. The van der Waals surface area contributed by atoms with E-state index >= 15 is 0 Å². The average molecular weight is 506 g/mol. The predicted molar refractivity (Wildman–Crippen MR) is 120 cm³/mol. The third-order valence-corrected chi connectivity index (χ3v) is 6.35. The van der Waals surface area contributed by atoms with E-state index in [0.717, 1.165) is 14.7 Å². The lowest BCUT2D eigenvalue weighted by Gasteiger charge is -2.10. The molecule has 0 bridgehead atoms. The summed E-state index contributed by atoms with van der Waals surface area (Å²) in [5, 5.41) is 2.80. The van der Waals surface area contributed by atoms with Crippen molar-refractivity contribution in [2.75, 3.05) is 10.0 Å². The van der Waals surface area contributed by atoms with E-state index in [9.17, 15) is 13.2 Å². The molecular weight excluding hydrogens is 487 g/mol. The molecule has 3 aromatic carbocycles. The van der Waals surface area contributed by atoms with Gasteiger partial charge in [-0.2, -0.15) is 0 Å². The second-order valence-corrected chi connectivity index (χ2v) is 9.28. The summed E-state index contributed by atoms with van der Waals surface area (Å²) in [5.41, 5.74) is 3.65. The van der Waals surface area contributed by atoms with E-state index in [1.165, 1.54) is 12.1 Å². The van der Waals surface area contributed by atoms with E-state index < -0.39 is 10.0 Å². The maximum atomic E-state index is 12.5.